The Morgan fingerprint density at radius 2 is 1.74 bits per heavy atom. The number of hydrogen-bond acceptors (Lipinski definition) is 7. The summed E-state index contributed by atoms with van der Waals surface area (Å²) in [6, 6.07) is 18.5. The van der Waals surface area contributed by atoms with Crippen molar-refractivity contribution in [1.29, 1.82) is 0 Å². The van der Waals surface area contributed by atoms with Gasteiger partial charge < -0.3 is 34.7 Å². The van der Waals surface area contributed by atoms with Crippen molar-refractivity contribution >= 4 is 11.6 Å². The number of benzene rings is 3. The van der Waals surface area contributed by atoms with Crippen LogP contribution in [0.3, 0.4) is 0 Å². The highest BCUT2D eigenvalue weighted by atomic mass is 16.5. The van der Waals surface area contributed by atoms with E-state index >= 15 is 0 Å². The van der Waals surface area contributed by atoms with E-state index < -0.39 is 6.10 Å². The van der Waals surface area contributed by atoms with Crippen LogP contribution in [-0.4, -0.2) is 58.1 Å². The van der Waals surface area contributed by atoms with Crippen LogP contribution in [0.2, 0.25) is 0 Å². The highest BCUT2D eigenvalue weighted by molar-refractivity contribution is 5.88. The Hall–Kier alpha value is -4.19. The summed E-state index contributed by atoms with van der Waals surface area (Å²) in [6.07, 6.45) is 0.0499. The summed E-state index contributed by atoms with van der Waals surface area (Å²) >= 11 is 0. The fraction of sp³-hybridized carbons (Fsp3) is 0.300. The second kappa shape index (κ2) is 14.5. The van der Waals surface area contributed by atoms with Gasteiger partial charge in [-0.05, 0) is 61.0 Å². The minimum Gasteiger partial charge on any atom is -0.497 e. The van der Waals surface area contributed by atoms with Crippen molar-refractivity contribution in [2.45, 2.75) is 19.4 Å². The summed E-state index contributed by atoms with van der Waals surface area (Å²) in [5.41, 5.74) is 3.18. The fourth-order valence-electron chi connectivity index (χ4n) is 3.65. The first kappa shape index (κ1) is 28.4. The molecule has 0 aliphatic rings. The molecule has 8 heteroatoms. The summed E-state index contributed by atoms with van der Waals surface area (Å²) in [6.45, 7) is 2.60. The third-order valence-corrected chi connectivity index (χ3v) is 5.56. The molecule has 0 radical (unpaired) electrons. The Labute approximate surface area is 223 Å². The number of anilines is 1. The molecule has 0 fully saturated rings. The van der Waals surface area contributed by atoms with Gasteiger partial charge in [0.15, 0.2) is 11.5 Å². The van der Waals surface area contributed by atoms with E-state index in [0.29, 0.717) is 47.3 Å². The average molecular weight is 519 g/mol. The number of aliphatic hydroxyl groups excluding tert-OH is 1. The van der Waals surface area contributed by atoms with Crippen LogP contribution in [0.1, 0.15) is 23.6 Å². The molecule has 3 aromatic carbocycles. The largest absolute Gasteiger partial charge is 0.497 e. The van der Waals surface area contributed by atoms with Gasteiger partial charge in [-0.25, -0.2) is 0 Å². The van der Waals surface area contributed by atoms with Crippen LogP contribution in [-0.2, 0) is 11.2 Å². The van der Waals surface area contributed by atoms with E-state index in [0.717, 1.165) is 17.5 Å². The third kappa shape index (κ3) is 8.73. The van der Waals surface area contributed by atoms with Crippen molar-refractivity contribution in [3.05, 3.63) is 77.4 Å². The van der Waals surface area contributed by atoms with E-state index in [1.807, 2.05) is 36.4 Å². The molecular formula is C30H34N2O6. The van der Waals surface area contributed by atoms with Crippen molar-refractivity contribution in [3.8, 4) is 34.8 Å². The highest BCUT2D eigenvalue weighted by Crippen LogP contribution is 2.27. The second-order valence-corrected chi connectivity index (χ2v) is 8.48. The highest BCUT2D eigenvalue weighted by Gasteiger charge is 2.10. The summed E-state index contributed by atoms with van der Waals surface area (Å²) in [7, 11) is 4.80. The van der Waals surface area contributed by atoms with E-state index in [1.54, 1.807) is 45.6 Å². The van der Waals surface area contributed by atoms with Crippen LogP contribution >= 0.6 is 0 Å². The minimum atomic E-state index is -0.721. The van der Waals surface area contributed by atoms with Gasteiger partial charge in [0.25, 0.3) is 0 Å². The average Bonchev–Trinajstić information content (AvgIpc) is 2.92. The molecule has 3 aromatic rings. The number of carbonyl (C=O) groups excluding carboxylic acids is 1. The lowest BCUT2D eigenvalue weighted by Crippen LogP contribution is -2.32. The number of ether oxygens (including phenoxy) is 4. The number of carbonyl (C=O) groups is 1. The third-order valence-electron chi connectivity index (χ3n) is 5.56. The summed E-state index contributed by atoms with van der Waals surface area (Å²) in [5.74, 6) is 8.59. The quantitative estimate of drug-likeness (QED) is 0.249. The first-order valence-corrected chi connectivity index (χ1v) is 12.2. The van der Waals surface area contributed by atoms with Crippen molar-refractivity contribution in [2.24, 2.45) is 0 Å². The molecule has 0 aliphatic carbocycles. The van der Waals surface area contributed by atoms with Gasteiger partial charge in [0, 0.05) is 30.8 Å². The van der Waals surface area contributed by atoms with E-state index in [-0.39, 0.29) is 12.5 Å². The van der Waals surface area contributed by atoms with Crippen molar-refractivity contribution in [1.82, 2.24) is 5.32 Å². The topological polar surface area (TPSA) is 98.3 Å². The molecule has 0 saturated heterocycles. The number of amides is 1. The number of rotatable bonds is 12. The van der Waals surface area contributed by atoms with Gasteiger partial charge in [0.05, 0.1) is 26.9 Å². The molecular weight excluding hydrogens is 484 g/mol. The molecule has 8 nitrogen and oxygen atoms in total. The van der Waals surface area contributed by atoms with Crippen molar-refractivity contribution in [2.75, 3.05) is 46.3 Å². The Kier molecular flexibility index (Phi) is 10.8. The van der Waals surface area contributed by atoms with Crippen LogP contribution < -0.4 is 29.6 Å². The summed E-state index contributed by atoms with van der Waals surface area (Å²) in [4.78, 5) is 11.3. The van der Waals surface area contributed by atoms with Crippen molar-refractivity contribution in [3.63, 3.8) is 0 Å². The maximum Gasteiger partial charge on any atom is 0.221 e. The first-order valence-electron chi connectivity index (χ1n) is 12.2. The summed E-state index contributed by atoms with van der Waals surface area (Å²) < 4.78 is 21.9. The van der Waals surface area contributed by atoms with E-state index in [1.165, 1.54) is 6.92 Å². The Morgan fingerprint density at radius 1 is 0.921 bits per heavy atom. The van der Waals surface area contributed by atoms with Crippen LogP contribution in [0.15, 0.2) is 60.7 Å². The standard InChI is InChI=1S/C30H34N2O6/c1-21(33)32-25-7-5-6-22(16-25)8-10-24-11-12-27(35-2)18-29(24)38-20-26(34)19-31-15-14-23-9-13-28(36-3)30(17-23)37-4/h5-7,9,11-13,16-18,26,31,34H,14-15,19-20H2,1-4H3,(H,32,33). The molecule has 0 saturated carbocycles. The fourth-order valence-corrected chi connectivity index (χ4v) is 3.65. The maximum absolute atomic E-state index is 11.3. The molecule has 0 bridgehead atoms. The molecule has 3 rings (SSSR count). The lowest BCUT2D eigenvalue weighted by Gasteiger charge is -2.15. The van der Waals surface area contributed by atoms with Gasteiger partial charge in [0.2, 0.25) is 5.91 Å². The molecule has 0 aromatic heterocycles. The summed E-state index contributed by atoms with van der Waals surface area (Å²) in [5, 5.41) is 16.5. The number of aliphatic hydroxyl groups is 1. The zero-order valence-electron chi connectivity index (χ0n) is 22.2. The van der Waals surface area contributed by atoms with E-state index in [2.05, 4.69) is 22.5 Å². The molecule has 1 unspecified atom stereocenters. The lowest BCUT2D eigenvalue weighted by molar-refractivity contribution is -0.114. The normalized spacial score (nSPS) is 11.1. The van der Waals surface area contributed by atoms with Crippen LogP contribution in [0.5, 0.6) is 23.0 Å². The monoisotopic (exact) mass is 518 g/mol. The van der Waals surface area contributed by atoms with Crippen LogP contribution in [0.4, 0.5) is 5.69 Å². The predicted octanol–water partition coefficient (Wildman–Crippen LogP) is 3.64. The minimum absolute atomic E-state index is 0.0865. The Balaban J connectivity index is 1.56. The van der Waals surface area contributed by atoms with Gasteiger partial charge in [-0.15, -0.1) is 0 Å². The molecule has 0 spiro atoms. The smallest absolute Gasteiger partial charge is 0.221 e. The molecule has 0 heterocycles. The van der Waals surface area contributed by atoms with Gasteiger partial charge in [0.1, 0.15) is 24.2 Å². The Morgan fingerprint density at radius 3 is 2.47 bits per heavy atom. The first-order chi connectivity index (χ1) is 18.4. The lowest BCUT2D eigenvalue weighted by atomic mass is 10.1. The molecule has 3 N–H and O–H groups in total. The van der Waals surface area contributed by atoms with Crippen LogP contribution in [0.25, 0.3) is 0 Å². The van der Waals surface area contributed by atoms with Gasteiger partial charge >= 0.3 is 0 Å². The van der Waals surface area contributed by atoms with Crippen molar-refractivity contribution < 1.29 is 28.8 Å². The molecule has 1 amide bonds. The van der Waals surface area contributed by atoms with E-state index in [9.17, 15) is 9.90 Å². The van der Waals surface area contributed by atoms with Gasteiger partial charge in [-0.2, -0.15) is 0 Å². The number of methoxy groups -OCH3 is 3. The predicted molar refractivity (Wildman–Crippen MR) is 147 cm³/mol. The zero-order valence-corrected chi connectivity index (χ0v) is 22.2. The molecule has 38 heavy (non-hydrogen) atoms. The Bertz CT molecular complexity index is 1280. The second-order valence-electron chi connectivity index (χ2n) is 8.48. The molecule has 0 aliphatic heterocycles. The number of hydrogen-bond donors (Lipinski definition) is 3. The molecule has 1 atom stereocenters. The van der Waals surface area contributed by atoms with Crippen LogP contribution in [0, 0.1) is 11.8 Å². The number of nitrogens with one attached hydrogen (secondary N) is 2. The molecule has 200 valence electrons. The van der Waals surface area contributed by atoms with Gasteiger partial charge in [-0.1, -0.05) is 24.0 Å². The van der Waals surface area contributed by atoms with Gasteiger partial charge in [-0.3, -0.25) is 4.79 Å². The van der Waals surface area contributed by atoms with E-state index in [4.69, 9.17) is 18.9 Å². The SMILES string of the molecule is COc1ccc(C#Cc2cccc(NC(C)=O)c2)c(OCC(O)CNCCc2ccc(OC)c(OC)c2)c1. The zero-order chi connectivity index (χ0) is 27.3. The maximum atomic E-state index is 11.3.